The van der Waals surface area contributed by atoms with Gasteiger partial charge in [0.25, 0.3) is 0 Å². The lowest BCUT2D eigenvalue weighted by Crippen LogP contribution is -2.40. The molecular weight excluding hydrogens is 723 g/mol. The highest BCUT2D eigenvalue weighted by molar-refractivity contribution is 6.53. The maximum atomic E-state index is 15.5. The number of imide groups is 1. The highest BCUT2D eigenvalue weighted by Gasteiger charge is 2.67. The van der Waals surface area contributed by atoms with Crippen molar-refractivity contribution in [3.63, 3.8) is 0 Å². The number of carbonyl (C=O) groups excluding carboxylic acids is 4. The lowest BCUT2D eigenvalue weighted by atomic mass is 9.98. The van der Waals surface area contributed by atoms with Crippen molar-refractivity contribution < 1.29 is 45.5 Å². The predicted molar refractivity (Wildman–Crippen MR) is 167 cm³/mol. The summed E-state index contributed by atoms with van der Waals surface area (Å²) in [5.41, 5.74) is -2.90. The second-order valence-electron chi connectivity index (χ2n) is 11.2. The normalized spacial score (nSPS) is 17.1. The molecule has 1 unspecified atom stereocenters. The highest BCUT2D eigenvalue weighted by atomic mass is 35.5. The molecule has 1 aliphatic rings. The lowest BCUT2D eigenvalue weighted by Gasteiger charge is -2.20. The number of hydrogen-bond acceptors (Lipinski definition) is 5. The first-order valence-corrected chi connectivity index (χ1v) is 15.5. The third-order valence-corrected chi connectivity index (χ3v) is 9.19. The number of carbonyl (C=O) groups is 4. The van der Waals surface area contributed by atoms with Crippen LogP contribution >= 0.6 is 34.8 Å². The van der Waals surface area contributed by atoms with Crippen LogP contribution < -0.4 is 5.32 Å². The third kappa shape index (κ3) is 7.87. The number of amides is 3. The monoisotopic (exact) mass is 745 g/mol. The van der Waals surface area contributed by atoms with E-state index >= 15 is 4.39 Å². The van der Waals surface area contributed by atoms with Gasteiger partial charge in [-0.3, -0.25) is 24.1 Å². The topological polar surface area (TPSA) is 107 Å². The SMILES string of the molecule is CCN(C(=O)Cc1c(F)ccc(CC(=O)c2cc(NC(=O)[C@H]3[C@H](c4ccc(F)c(C(F)(F)F)c4)C3(Cl)Cl)ccc2Cl)c1F)C(=O)C(C)C#N. The maximum Gasteiger partial charge on any atom is 0.419 e. The Balaban J connectivity index is 1.52. The van der Waals surface area contributed by atoms with Crippen LogP contribution in [0.15, 0.2) is 48.5 Å². The fourth-order valence-corrected chi connectivity index (χ4v) is 6.31. The first kappa shape index (κ1) is 37.7. The number of nitrogens with one attached hydrogen (secondary N) is 1. The molecule has 1 saturated carbocycles. The van der Waals surface area contributed by atoms with E-state index in [1.807, 2.05) is 0 Å². The molecule has 49 heavy (non-hydrogen) atoms. The molecule has 7 nitrogen and oxygen atoms in total. The Hall–Kier alpha value is -4.12. The van der Waals surface area contributed by atoms with Gasteiger partial charge in [-0.2, -0.15) is 18.4 Å². The maximum absolute atomic E-state index is 15.5. The molecular formula is C33H24Cl3F6N3O4. The summed E-state index contributed by atoms with van der Waals surface area (Å²) < 4.78 is 81.8. The molecule has 3 amide bonds. The number of benzene rings is 3. The van der Waals surface area contributed by atoms with Crippen LogP contribution in [0.25, 0.3) is 0 Å². The summed E-state index contributed by atoms with van der Waals surface area (Å²) in [6.45, 7) is 2.57. The van der Waals surface area contributed by atoms with E-state index in [2.05, 4.69) is 5.32 Å². The quantitative estimate of drug-likeness (QED) is 0.130. The van der Waals surface area contributed by atoms with Crippen LogP contribution in [-0.4, -0.2) is 39.3 Å². The van der Waals surface area contributed by atoms with E-state index in [0.717, 1.165) is 24.3 Å². The van der Waals surface area contributed by atoms with Gasteiger partial charge in [0, 0.05) is 35.7 Å². The van der Waals surface area contributed by atoms with Crippen LogP contribution in [0.4, 0.5) is 32.0 Å². The third-order valence-electron chi connectivity index (χ3n) is 7.92. The molecule has 1 N–H and O–H groups in total. The molecule has 3 aromatic rings. The fraction of sp³-hybridized carbons (Fsp3) is 0.303. The number of Topliss-reactive ketones (excluding diaryl/α,β-unsaturated/α-hetero) is 1. The Kier molecular flexibility index (Phi) is 11.1. The van der Waals surface area contributed by atoms with Crippen molar-refractivity contribution in [3.8, 4) is 6.07 Å². The van der Waals surface area contributed by atoms with Gasteiger partial charge in [0.05, 0.1) is 29.0 Å². The molecule has 0 radical (unpaired) electrons. The number of rotatable bonds is 10. The van der Waals surface area contributed by atoms with Crippen LogP contribution in [0, 0.1) is 40.6 Å². The number of anilines is 1. The van der Waals surface area contributed by atoms with Crippen molar-refractivity contribution in [2.45, 2.75) is 43.1 Å². The average molecular weight is 747 g/mol. The zero-order valence-corrected chi connectivity index (χ0v) is 27.7. The van der Waals surface area contributed by atoms with E-state index in [9.17, 15) is 41.1 Å². The van der Waals surface area contributed by atoms with Gasteiger partial charge in [-0.05, 0) is 61.4 Å². The van der Waals surface area contributed by atoms with Gasteiger partial charge in [-0.15, -0.1) is 23.2 Å². The average Bonchev–Trinajstić information content (AvgIpc) is 3.62. The Morgan fingerprint density at radius 3 is 2.27 bits per heavy atom. The summed E-state index contributed by atoms with van der Waals surface area (Å²) in [6, 6.07) is 9.37. The second kappa shape index (κ2) is 14.4. The molecule has 1 fully saturated rings. The standard InChI is InChI=1S/C33H24Cl3F6N3O4/c1-3-45(31(49)15(2)14-43)26(47)13-20-23(37)8-5-17(29(20)39)11-25(46)19-12-18(6-7-22(19)34)44-30(48)28-27(32(28,35)36)16-4-9-24(38)21(10-16)33(40,41)42/h4-10,12,15,27-28H,3,11,13H2,1-2H3,(H,44,48)/t15?,27-,28+/m0/s1. The molecule has 0 spiro atoms. The number of likely N-dealkylation sites (N-methyl/N-ethyl adjacent to an activating group) is 1. The molecule has 0 heterocycles. The predicted octanol–water partition coefficient (Wildman–Crippen LogP) is 7.80. The van der Waals surface area contributed by atoms with E-state index in [1.54, 1.807) is 6.07 Å². The molecule has 1 aliphatic carbocycles. The van der Waals surface area contributed by atoms with Crippen LogP contribution in [-0.2, 0) is 33.4 Å². The number of ketones is 1. The fourth-order valence-electron chi connectivity index (χ4n) is 5.26. The van der Waals surface area contributed by atoms with Crippen molar-refractivity contribution >= 4 is 64.0 Å². The van der Waals surface area contributed by atoms with Crippen molar-refractivity contribution in [2.75, 3.05) is 11.9 Å². The molecule has 0 aliphatic heterocycles. The Bertz CT molecular complexity index is 1900. The van der Waals surface area contributed by atoms with Gasteiger partial charge >= 0.3 is 6.18 Å². The van der Waals surface area contributed by atoms with E-state index in [1.165, 1.54) is 26.0 Å². The van der Waals surface area contributed by atoms with E-state index in [0.29, 0.717) is 17.0 Å². The zero-order valence-electron chi connectivity index (χ0n) is 25.4. The molecule has 0 bridgehead atoms. The van der Waals surface area contributed by atoms with Gasteiger partial charge in [-0.25, -0.2) is 13.2 Å². The minimum absolute atomic E-state index is 0.00981. The van der Waals surface area contributed by atoms with E-state index in [4.69, 9.17) is 40.1 Å². The molecule has 0 aromatic heterocycles. The molecule has 258 valence electrons. The Morgan fingerprint density at radius 1 is 1.00 bits per heavy atom. The number of nitriles is 1. The van der Waals surface area contributed by atoms with Gasteiger partial charge in [0.15, 0.2) is 5.78 Å². The van der Waals surface area contributed by atoms with Gasteiger partial charge < -0.3 is 5.32 Å². The summed E-state index contributed by atoms with van der Waals surface area (Å²) in [4.78, 5) is 52.2. The van der Waals surface area contributed by atoms with Gasteiger partial charge in [0.2, 0.25) is 17.7 Å². The number of nitrogens with zero attached hydrogens (tertiary/aromatic N) is 2. The van der Waals surface area contributed by atoms with Crippen molar-refractivity contribution in [3.05, 3.63) is 98.8 Å². The Morgan fingerprint density at radius 2 is 1.65 bits per heavy atom. The Labute approximate surface area is 290 Å². The minimum Gasteiger partial charge on any atom is -0.326 e. The second-order valence-corrected chi connectivity index (χ2v) is 13.0. The summed E-state index contributed by atoms with van der Waals surface area (Å²) in [5, 5.41) is 11.4. The van der Waals surface area contributed by atoms with Crippen LogP contribution in [0.1, 0.15) is 52.4 Å². The zero-order chi connectivity index (χ0) is 36.6. The summed E-state index contributed by atoms with van der Waals surface area (Å²) in [6.07, 6.45) is -6.56. The molecule has 3 aromatic carbocycles. The van der Waals surface area contributed by atoms with Crippen LogP contribution in [0.3, 0.4) is 0 Å². The number of halogens is 9. The molecule has 0 saturated heterocycles. The van der Waals surface area contributed by atoms with Gasteiger partial charge in [0.1, 0.15) is 27.7 Å². The minimum atomic E-state index is -5.01. The van der Waals surface area contributed by atoms with Crippen molar-refractivity contribution in [1.29, 1.82) is 5.26 Å². The summed E-state index contributed by atoms with van der Waals surface area (Å²) in [7, 11) is 0. The molecule has 16 heteroatoms. The van der Waals surface area contributed by atoms with E-state index < -0.39 is 93.2 Å². The number of hydrogen-bond donors (Lipinski definition) is 1. The number of alkyl halides is 5. The van der Waals surface area contributed by atoms with Crippen LogP contribution in [0.2, 0.25) is 5.02 Å². The van der Waals surface area contributed by atoms with Gasteiger partial charge in [-0.1, -0.05) is 23.7 Å². The highest BCUT2D eigenvalue weighted by Crippen LogP contribution is 2.65. The lowest BCUT2D eigenvalue weighted by molar-refractivity contribution is -0.145. The largest absolute Gasteiger partial charge is 0.419 e. The summed E-state index contributed by atoms with van der Waals surface area (Å²) >= 11 is 18.7. The van der Waals surface area contributed by atoms with Crippen molar-refractivity contribution in [1.82, 2.24) is 4.90 Å². The molecule has 4 rings (SSSR count). The smallest absolute Gasteiger partial charge is 0.326 e. The van der Waals surface area contributed by atoms with Crippen molar-refractivity contribution in [2.24, 2.45) is 11.8 Å². The molecule has 3 atom stereocenters. The first-order chi connectivity index (χ1) is 22.8. The summed E-state index contributed by atoms with van der Waals surface area (Å²) in [5.74, 6) is -10.8. The van der Waals surface area contributed by atoms with E-state index in [-0.39, 0.29) is 33.9 Å². The first-order valence-electron chi connectivity index (χ1n) is 14.4. The van der Waals surface area contributed by atoms with Crippen LogP contribution in [0.5, 0.6) is 0 Å².